The minimum atomic E-state index is -2.12. The number of carbonyl (C=O) groups excluding carboxylic acids is 1. The maximum atomic E-state index is 11.8. The summed E-state index contributed by atoms with van der Waals surface area (Å²) in [5, 5.41) is -0.164. The van der Waals surface area contributed by atoms with Gasteiger partial charge in [-0.1, -0.05) is 50.6 Å². The molecule has 7 heteroatoms. The van der Waals surface area contributed by atoms with Gasteiger partial charge in [-0.15, -0.1) is 11.8 Å². The Bertz CT molecular complexity index is 635. The van der Waals surface area contributed by atoms with Crippen LogP contribution in [0.4, 0.5) is 0 Å². The van der Waals surface area contributed by atoms with Gasteiger partial charge < -0.3 is 13.9 Å². The molecule has 152 valence electrons. The second-order valence-electron chi connectivity index (χ2n) is 8.50. The van der Waals surface area contributed by atoms with Gasteiger partial charge in [0, 0.05) is 11.8 Å². The van der Waals surface area contributed by atoms with Crippen molar-refractivity contribution >= 4 is 37.6 Å². The fourth-order valence-corrected chi connectivity index (χ4v) is 5.76. The van der Waals surface area contributed by atoms with E-state index in [4.69, 9.17) is 25.5 Å². The van der Waals surface area contributed by atoms with Crippen LogP contribution in [-0.2, 0) is 18.7 Å². The van der Waals surface area contributed by atoms with Crippen molar-refractivity contribution in [2.45, 2.75) is 86.8 Å². The number of esters is 1. The SMILES string of the molecule is CC(=O)O[C@H]1[C@H](O[Si](C)(C)C(C)(C)C)[C@@H](Sc2ccccc2)C(Cl)O[C@@H]1C. The molecule has 0 aromatic heterocycles. The first-order valence-electron chi connectivity index (χ1n) is 9.28. The van der Waals surface area contributed by atoms with Gasteiger partial charge >= 0.3 is 5.97 Å². The van der Waals surface area contributed by atoms with E-state index in [9.17, 15) is 4.79 Å². The average molecular weight is 431 g/mol. The quantitative estimate of drug-likeness (QED) is 0.353. The summed E-state index contributed by atoms with van der Waals surface area (Å²) in [6.07, 6.45) is -1.17. The number of thioether (sulfide) groups is 1. The minimum absolute atomic E-state index is 0.0269. The van der Waals surface area contributed by atoms with Crippen molar-refractivity contribution in [1.29, 1.82) is 0 Å². The Morgan fingerprint density at radius 1 is 1.19 bits per heavy atom. The summed E-state index contributed by atoms with van der Waals surface area (Å²) in [6, 6.07) is 10.0. The molecule has 0 amide bonds. The maximum Gasteiger partial charge on any atom is 0.303 e. The second-order valence-corrected chi connectivity index (χ2v) is 14.9. The smallest absolute Gasteiger partial charge is 0.303 e. The number of carbonyl (C=O) groups is 1. The molecule has 1 aliphatic heterocycles. The van der Waals surface area contributed by atoms with Crippen LogP contribution in [-0.4, -0.2) is 43.4 Å². The van der Waals surface area contributed by atoms with E-state index in [0.717, 1.165) is 4.90 Å². The Labute approximate surface area is 173 Å². The monoisotopic (exact) mass is 430 g/mol. The normalized spacial score (nSPS) is 29.4. The summed E-state index contributed by atoms with van der Waals surface area (Å²) in [4.78, 5) is 12.8. The van der Waals surface area contributed by atoms with E-state index in [1.165, 1.54) is 6.92 Å². The molecular formula is C20H31ClO4SSi. The van der Waals surface area contributed by atoms with Crippen LogP contribution in [0.2, 0.25) is 18.1 Å². The number of hydrogen-bond donors (Lipinski definition) is 0. The van der Waals surface area contributed by atoms with Gasteiger partial charge in [0.1, 0.15) is 11.7 Å². The summed E-state index contributed by atoms with van der Waals surface area (Å²) in [5.41, 5.74) is -0.535. The third-order valence-electron chi connectivity index (χ3n) is 5.27. The lowest BCUT2D eigenvalue weighted by molar-refractivity contribution is -0.178. The van der Waals surface area contributed by atoms with E-state index in [-0.39, 0.29) is 28.5 Å². The number of halogens is 1. The Kier molecular flexibility index (Phi) is 7.47. The van der Waals surface area contributed by atoms with Gasteiger partial charge in [-0.25, -0.2) is 0 Å². The van der Waals surface area contributed by atoms with E-state index in [2.05, 4.69) is 33.9 Å². The first-order chi connectivity index (χ1) is 12.4. The number of benzene rings is 1. The third kappa shape index (κ3) is 5.73. The maximum absolute atomic E-state index is 11.8. The van der Waals surface area contributed by atoms with Crippen molar-refractivity contribution < 1.29 is 18.7 Å². The molecule has 1 aliphatic rings. The second kappa shape index (κ2) is 8.87. The van der Waals surface area contributed by atoms with Gasteiger partial charge in [-0.2, -0.15) is 0 Å². The lowest BCUT2D eigenvalue weighted by Crippen LogP contribution is -2.60. The molecule has 0 aliphatic carbocycles. The predicted molar refractivity (Wildman–Crippen MR) is 114 cm³/mol. The predicted octanol–water partition coefficient (Wildman–Crippen LogP) is 5.45. The zero-order chi connectivity index (χ0) is 20.4. The fraction of sp³-hybridized carbons (Fsp3) is 0.650. The summed E-state index contributed by atoms with van der Waals surface area (Å²) >= 11 is 8.23. The molecule has 0 bridgehead atoms. The number of ether oxygens (including phenoxy) is 2. The highest BCUT2D eigenvalue weighted by Crippen LogP contribution is 2.44. The minimum Gasteiger partial charge on any atom is -0.457 e. The Balaban J connectivity index is 2.38. The summed E-state index contributed by atoms with van der Waals surface area (Å²) in [6.45, 7) is 14.3. The topological polar surface area (TPSA) is 44.8 Å². The summed E-state index contributed by atoms with van der Waals surface area (Å²) in [5.74, 6) is -0.337. The molecule has 0 saturated carbocycles. The van der Waals surface area contributed by atoms with Crippen LogP contribution in [0.5, 0.6) is 0 Å². The van der Waals surface area contributed by atoms with E-state index >= 15 is 0 Å². The molecule has 1 unspecified atom stereocenters. The molecule has 1 heterocycles. The zero-order valence-corrected chi connectivity index (χ0v) is 19.8. The largest absolute Gasteiger partial charge is 0.457 e. The average Bonchev–Trinajstić information content (AvgIpc) is 2.54. The van der Waals surface area contributed by atoms with Crippen LogP contribution in [0.3, 0.4) is 0 Å². The van der Waals surface area contributed by atoms with Crippen LogP contribution in [0.25, 0.3) is 0 Å². The van der Waals surface area contributed by atoms with Crippen molar-refractivity contribution in [3.8, 4) is 0 Å². The number of rotatable bonds is 5. The first kappa shape index (κ1) is 22.8. The highest BCUT2D eigenvalue weighted by Gasteiger charge is 2.51. The van der Waals surface area contributed by atoms with E-state index < -0.39 is 20.0 Å². The highest BCUT2D eigenvalue weighted by atomic mass is 35.5. The molecule has 1 saturated heterocycles. The van der Waals surface area contributed by atoms with Crippen molar-refractivity contribution in [2.24, 2.45) is 0 Å². The first-order valence-corrected chi connectivity index (χ1v) is 13.5. The number of alkyl halides is 1. The fourth-order valence-electron chi connectivity index (χ4n) is 2.75. The highest BCUT2D eigenvalue weighted by molar-refractivity contribution is 8.00. The standard InChI is InChI=1S/C20H31ClO4SSi/c1-13-16(24-14(2)22)17(25-27(6,7)20(3,4)5)18(19(21)23-13)26-15-11-9-8-10-12-15/h8-13,16-19H,1-7H3/t13-,16-,17+,18-,19?/m1/s1. The molecule has 1 fully saturated rings. The van der Waals surface area contributed by atoms with Crippen molar-refractivity contribution in [1.82, 2.24) is 0 Å². The van der Waals surface area contributed by atoms with Gasteiger partial charge in [-0.05, 0) is 37.2 Å². The van der Waals surface area contributed by atoms with Gasteiger partial charge in [0.2, 0.25) is 0 Å². The van der Waals surface area contributed by atoms with Crippen LogP contribution < -0.4 is 0 Å². The Morgan fingerprint density at radius 2 is 1.78 bits per heavy atom. The van der Waals surface area contributed by atoms with Gasteiger partial charge in [0.15, 0.2) is 14.4 Å². The number of hydrogen-bond acceptors (Lipinski definition) is 5. The van der Waals surface area contributed by atoms with E-state index in [1.807, 2.05) is 37.3 Å². The van der Waals surface area contributed by atoms with Crippen molar-refractivity contribution in [3.05, 3.63) is 30.3 Å². The lowest BCUT2D eigenvalue weighted by Gasteiger charge is -2.48. The lowest BCUT2D eigenvalue weighted by atomic mass is 10.0. The third-order valence-corrected chi connectivity index (χ3v) is 11.6. The Hall–Kier alpha value is -0.533. The Morgan fingerprint density at radius 3 is 2.30 bits per heavy atom. The molecule has 1 aromatic rings. The molecule has 0 radical (unpaired) electrons. The van der Waals surface area contributed by atoms with Gasteiger partial charge in [0.05, 0.1) is 11.4 Å². The molecule has 1 aromatic carbocycles. The van der Waals surface area contributed by atoms with Gasteiger partial charge in [-0.3, -0.25) is 4.79 Å². The molecule has 4 nitrogen and oxygen atoms in total. The van der Waals surface area contributed by atoms with Crippen LogP contribution >= 0.6 is 23.4 Å². The van der Waals surface area contributed by atoms with Crippen LogP contribution in [0.1, 0.15) is 34.6 Å². The molecular weight excluding hydrogens is 400 g/mol. The van der Waals surface area contributed by atoms with Crippen LogP contribution in [0, 0.1) is 0 Å². The van der Waals surface area contributed by atoms with Crippen LogP contribution in [0.15, 0.2) is 35.2 Å². The van der Waals surface area contributed by atoms with E-state index in [1.54, 1.807) is 11.8 Å². The zero-order valence-electron chi connectivity index (χ0n) is 17.2. The molecule has 0 N–H and O–H groups in total. The van der Waals surface area contributed by atoms with E-state index in [0.29, 0.717) is 0 Å². The van der Waals surface area contributed by atoms with Crippen molar-refractivity contribution in [2.75, 3.05) is 0 Å². The molecule has 2 rings (SSSR count). The van der Waals surface area contributed by atoms with Gasteiger partial charge in [0.25, 0.3) is 0 Å². The summed E-state index contributed by atoms with van der Waals surface area (Å²) in [7, 11) is -2.12. The molecule has 0 spiro atoms. The summed E-state index contributed by atoms with van der Waals surface area (Å²) < 4.78 is 18.3. The molecule has 27 heavy (non-hydrogen) atoms. The van der Waals surface area contributed by atoms with Crippen molar-refractivity contribution in [3.63, 3.8) is 0 Å². The molecule has 5 atom stereocenters.